The maximum Gasteiger partial charge on any atom is 0.357 e. The Kier molecular flexibility index (Phi) is 5.12. The third kappa shape index (κ3) is 4.14. The Bertz CT molecular complexity index is 641. The van der Waals surface area contributed by atoms with Crippen LogP contribution >= 0.6 is 15.9 Å². The third-order valence-corrected chi connectivity index (χ3v) is 3.64. The first-order valence-electron chi connectivity index (χ1n) is 6.52. The van der Waals surface area contributed by atoms with Crippen molar-refractivity contribution in [1.29, 1.82) is 0 Å². The maximum atomic E-state index is 12.0. The largest absolute Gasteiger partial charge is 0.365 e. The summed E-state index contributed by atoms with van der Waals surface area (Å²) < 4.78 is 0.964. The summed E-state index contributed by atoms with van der Waals surface area (Å²) >= 11 is 3.35. The highest BCUT2D eigenvalue weighted by Crippen LogP contribution is 2.15. The molecule has 0 bridgehead atoms. The van der Waals surface area contributed by atoms with Gasteiger partial charge in [-0.15, -0.1) is 5.48 Å². The van der Waals surface area contributed by atoms with E-state index in [2.05, 4.69) is 21.4 Å². The Morgan fingerprint density at radius 1 is 1.19 bits per heavy atom. The second kappa shape index (κ2) is 6.85. The van der Waals surface area contributed by atoms with Crippen LogP contribution in [0, 0.1) is 13.8 Å². The van der Waals surface area contributed by atoms with Crippen LogP contribution in [0.25, 0.3) is 0 Å². The van der Waals surface area contributed by atoms with Gasteiger partial charge in [0.05, 0.1) is 5.56 Å². The van der Waals surface area contributed by atoms with Crippen molar-refractivity contribution in [3.8, 4) is 0 Å². The van der Waals surface area contributed by atoms with Crippen molar-refractivity contribution in [3.05, 3.63) is 69.2 Å². The molecule has 0 amide bonds. The van der Waals surface area contributed by atoms with Crippen LogP contribution in [-0.4, -0.2) is 5.97 Å². The van der Waals surface area contributed by atoms with Gasteiger partial charge in [-0.25, -0.2) is 4.79 Å². The highest BCUT2D eigenvalue weighted by molar-refractivity contribution is 9.10. The zero-order valence-electron chi connectivity index (χ0n) is 11.9. The van der Waals surface area contributed by atoms with Crippen molar-refractivity contribution >= 4 is 21.9 Å². The number of aryl methyl sites for hydroxylation is 2. The summed E-state index contributed by atoms with van der Waals surface area (Å²) in [5.41, 5.74) is 11.8. The molecule has 3 N–H and O–H groups in total. The summed E-state index contributed by atoms with van der Waals surface area (Å²) in [4.78, 5) is 17.1. The molecule has 2 rings (SSSR count). The molecule has 0 aromatic heterocycles. The number of hydrogen-bond donors (Lipinski definition) is 2. The lowest BCUT2D eigenvalue weighted by atomic mass is 10.1. The Labute approximate surface area is 132 Å². The first-order valence-corrected chi connectivity index (χ1v) is 7.31. The highest BCUT2D eigenvalue weighted by Gasteiger charge is 2.13. The van der Waals surface area contributed by atoms with E-state index >= 15 is 0 Å². The molecule has 4 nitrogen and oxygen atoms in total. The number of hydrogen-bond acceptors (Lipinski definition) is 4. The molecular weight excluding hydrogens is 332 g/mol. The predicted molar refractivity (Wildman–Crippen MR) is 85.5 cm³/mol. The molecular formula is C16H17BrN2O2. The molecule has 0 spiro atoms. The molecule has 0 aliphatic carbocycles. The van der Waals surface area contributed by atoms with Gasteiger partial charge in [-0.3, -0.25) is 0 Å². The van der Waals surface area contributed by atoms with Crippen molar-refractivity contribution < 1.29 is 9.63 Å². The molecule has 0 radical (unpaired) electrons. The number of rotatable bonds is 4. The van der Waals surface area contributed by atoms with Gasteiger partial charge in [-0.2, -0.15) is 0 Å². The molecule has 0 saturated heterocycles. The Hall–Kier alpha value is -1.69. The van der Waals surface area contributed by atoms with Crippen molar-refractivity contribution in [3.63, 3.8) is 0 Å². The SMILES string of the molecule is Cc1ccc(C(=O)ONC(N)c2ccc(Br)cc2)c(C)c1. The molecule has 0 saturated carbocycles. The molecule has 2 aromatic carbocycles. The van der Waals surface area contributed by atoms with E-state index in [0.717, 1.165) is 21.2 Å². The van der Waals surface area contributed by atoms with Crippen LogP contribution in [0.15, 0.2) is 46.9 Å². The van der Waals surface area contributed by atoms with Crippen LogP contribution in [0.2, 0.25) is 0 Å². The average molecular weight is 349 g/mol. The number of carbonyl (C=O) groups is 1. The van der Waals surface area contributed by atoms with E-state index in [0.29, 0.717) is 5.56 Å². The lowest BCUT2D eigenvalue weighted by Crippen LogP contribution is -2.31. The molecule has 1 unspecified atom stereocenters. The van der Waals surface area contributed by atoms with E-state index in [9.17, 15) is 4.79 Å². The zero-order valence-corrected chi connectivity index (χ0v) is 13.5. The number of benzene rings is 2. The van der Waals surface area contributed by atoms with Gasteiger partial charge in [0.2, 0.25) is 0 Å². The van der Waals surface area contributed by atoms with E-state index in [1.807, 2.05) is 50.2 Å². The van der Waals surface area contributed by atoms with E-state index in [4.69, 9.17) is 10.6 Å². The van der Waals surface area contributed by atoms with E-state index in [1.54, 1.807) is 6.07 Å². The van der Waals surface area contributed by atoms with E-state index in [1.165, 1.54) is 0 Å². The van der Waals surface area contributed by atoms with Crippen LogP contribution < -0.4 is 11.2 Å². The summed E-state index contributed by atoms with van der Waals surface area (Å²) in [5, 5.41) is 0. The van der Waals surface area contributed by atoms with Gasteiger partial charge in [0.25, 0.3) is 0 Å². The Morgan fingerprint density at radius 3 is 2.48 bits per heavy atom. The van der Waals surface area contributed by atoms with Crippen LogP contribution in [-0.2, 0) is 4.84 Å². The number of hydroxylamine groups is 1. The first kappa shape index (κ1) is 15.7. The number of halogens is 1. The van der Waals surface area contributed by atoms with E-state index < -0.39 is 12.1 Å². The minimum absolute atomic E-state index is 0.444. The standard InChI is InChI=1S/C16H17BrN2O2/c1-10-3-8-14(11(2)9-10)16(20)21-19-15(18)12-4-6-13(17)7-5-12/h3-9,15,19H,18H2,1-2H3. The minimum Gasteiger partial charge on any atom is -0.365 e. The summed E-state index contributed by atoms with van der Waals surface area (Å²) in [5.74, 6) is -0.444. The van der Waals surface area contributed by atoms with Gasteiger partial charge >= 0.3 is 5.97 Å². The normalized spacial score (nSPS) is 12.0. The molecule has 0 aliphatic heterocycles. The minimum atomic E-state index is -0.576. The summed E-state index contributed by atoms with van der Waals surface area (Å²) in [7, 11) is 0. The second-order valence-electron chi connectivity index (χ2n) is 4.85. The van der Waals surface area contributed by atoms with Gasteiger partial charge in [0, 0.05) is 4.47 Å². The average Bonchev–Trinajstić information content (AvgIpc) is 2.45. The fraction of sp³-hybridized carbons (Fsp3) is 0.188. The molecule has 0 fully saturated rings. The summed E-state index contributed by atoms with van der Waals surface area (Å²) in [6.07, 6.45) is -0.576. The Balaban J connectivity index is 1.99. The van der Waals surface area contributed by atoms with E-state index in [-0.39, 0.29) is 0 Å². The molecule has 0 heterocycles. The van der Waals surface area contributed by atoms with Crippen LogP contribution in [0.3, 0.4) is 0 Å². The second-order valence-corrected chi connectivity index (χ2v) is 5.77. The summed E-state index contributed by atoms with van der Waals surface area (Å²) in [6.45, 7) is 3.85. The van der Waals surface area contributed by atoms with Gasteiger partial charge in [-0.05, 0) is 43.2 Å². The molecule has 0 aliphatic rings. The molecule has 2 aromatic rings. The quantitative estimate of drug-likeness (QED) is 0.656. The van der Waals surface area contributed by atoms with Gasteiger partial charge in [-0.1, -0.05) is 45.8 Å². The molecule has 21 heavy (non-hydrogen) atoms. The van der Waals surface area contributed by atoms with Crippen molar-refractivity contribution in [2.45, 2.75) is 20.0 Å². The van der Waals surface area contributed by atoms with Crippen LogP contribution in [0.4, 0.5) is 0 Å². The fourth-order valence-electron chi connectivity index (χ4n) is 1.95. The van der Waals surface area contributed by atoms with Gasteiger partial charge < -0.3 is 10.6 Å². The van der Waals surface area contributed by atoms with Crippen molar-refractivity contribution in [1.82, 2.24) is 5.48 Å². The Morgan fingerprint density at radius 2 is 1.86 bits per heavy atom. The number of carbonyl (C=O) groups excluding carboxylic acids is 1. The third-order valence-electron chi connectivity index (χ3n) is 3.11. The molecule has 5 heteroatoms. The zero-order chi connectivity index (χ0) is 15.4. The first-order chi connectivity index (χ1) is 9.97. The maximum absolute atomic E-state index is 12.0. The van der Waals surface area contributed by atoms with Crippen molar-refractivity contribution in [2.24, 2.45) is 5.73 Å². The molecule has 1 atom stereocenters. The van der Waals surface area contributed by atoms with Crippen LogP contribution in [0.1, 0.15) is 33.2 Å². The monoisotopic (exact) mass is 348 g/mol. The predicted octanol–water partition coefficient (Wildman–Crippen LogP) is 3.38. The molecule has 110 valence electrons. The number of nitrogens with two attached hydrogens (primary N) is 1. The van der Waals surface area contributed by atoms with Gasteiger partial charge in [0.15, 0.2) is 0 Å². The number of nitrogens with one attached hydrogen (secondary N) is 1. The lowest BCUT2D eigenvalue weighted by molar-refractivity contribution is 0.0156. The summed E-state index contributed by atoms with van der Waals surface area (Å²) in [6, 6.07) is 13.0. The highest BCUT2D eigenvalue weighted by atomic mass is 79.9. The fourth-order valence-corrected chi connectivity index (χ4v) is 2.22. The topological polar surface area (TPSA) is 64.3 Å². The van der Waals surface area contributed by atoms with Crippen molar-refractivity contribution in [2.75, 3.05) is 0 Å². The lowest BCUT2D eigenvalue weighted by Gasteiger charge is -2.14. The van der Waals surface area contributed by atoms with Gasteiger partial charge in [0.1, 0.15) is 6.17 Å². The van der Waals surface area contributed by atoms with Crippen LogP contribution in [0.5, 0.6) is 0 Å². The smallest absolute Gasteiger partial charge is 0.357 e.